The Kier molecular flexibility index (Phi) is 2.82. The van der Waals surface area contributed by atoms with Gasteiger partial charge in [-0.15, -0.1) is 0 Å². The van der Waals surface area contributed by atoms with Crippen molar-refractivity contribution in [2.75, 3.05) is 0 Å². The van der Waals surface area contributed by atoms with E-state index < -0.39 is 0 Å². The first-order valence-electron chi connectivity index (χ1n) is 4.79. The summed E-state index contributed by atoms with van der Waals surface area (Å²) in [4.78, 5) is 10.9. The van der Waals surface area contributed by atoms with Crippen LogP contribution < -0.4 is 0 Å². The van der Waals surface area contributed by atoms with Gasteiger partial charge in [0.05, 0.1) is 5.75 Å². The van der Waals surface area contributed by atoms with Crippen LogP contribution in [0.2, 0.25) is 0 Å². The first kappa shape index (κ1) is 10.3. The minimum atomic E-state index is 0.120. The van der Waals surface area contributed by atoms with Gasteiger partial charge in [0.2, 0.25) is 0 Å². The molecule has 3 heteroatoms. The topological polar surface area (TPSA) is 30.2 Å². The number of carbonyl (C=O) groups excluding carboxylic acids is 1. The maximum atomic E-state index is 10.9. The van der Waals surface area contributed by atoms with Gasteiger partial charge < -0.3 is 4.42 Å². The lowest BCUT2D eigenvalue weighted by molar-refractivity contribution is -0.109. The third-order valence-electron chi connectivity index (χ3n) is 2.35. The van der Waals surface area contributed by atoms with Gasteiger partial charge in [0.25, 0.3) is 0 Å². The summed E-state index contributed by atoms with van der Waals surface area (Å²) in [6.45, 7) is 3.60. The molecule has 0 radical (unpaired) electrons. The highest BCUT2D eigenvalue weighted by Gasteiger charge is 2.10. The van der Waals surface area contributed by atoms with Crippen molar-refractivity contribution < 1.29 is 9.21 Å². The maximum Gasteiger partial charge on any atom is 0.186 e. The van der Waals surface area contributed by atoms with E-state index in [4.69, 9.17) is 4.42 Å². The molecule has 15 heavy (non-hydrogen) atoms. The van der Waals surface area contributed by atoms with E-state index in [0.717, 1.165) is 22.3 Å². The number of carbonyl (C=O) groups is 1. The molecule has 1 aromatic carbocycles. The normalized spacial score (nSPS) is 10.8. The number of furan rings is 1. The molecule has 2 nitrogen and oxygen atoms in total. The standard InChI is InChI=1S/C12H12O2S/c1-8-10-5-3-4-6-11(10)14-12(8)7-15-9(2)13/h3-6H,7H2,1-2H3. The average Bonchev–Trinajstić information content (AvgIpc) is 2.54. The summed E-state index contributed by atoms with van der Waals surface area (Å²) in [6, 6.07) is 7.93. The predicted molar refractivity (Wildman–Crippen MR) is 62.9 cm³/mol. The fourth-order valence-corrected chi connectivity index (χ4v) is 2.14. The van der Waals surface area contributed by atoms with Gasteiger partial charge in [-0.2, -0.15) is 0 Å². The lowest BCUT2D eigenvalue weighted by atomic mass is 10.2. The SMILES string of the molecule is CC(=O)SCc1oc2ccccc2c1C. The zero-order chi connectivity index (χ0) is 10.8. The minimum Gasteiger partial charge on any atom is -0.460 e. The van der Waals surface area contributed by atoms with Crippen LogP contribution in [0.3, 0.4) is 0 Å². The van der Waals surface area contributed by atoms with E-state index in [1.165, 1.54) is 11.8 Å². The molecule has 0 amide bonds. The Balaban J connectivity index is 2.36. The first-order chi connectivity index (χ1) is 7.18. The largest absolute Gasteiger partial charge is 0.460 e. The molecular weight excluding hydrogens is 208 g/mol. The van der Waals surface area contributed by atoms with Crippen LogP contribution in [-0.2, 0) is 10.5 Å². The lowest BCUT2D eigenvalue weighted by Gasteiger charge is -1.94. The number of thioether (sulfide) groups is 1. The van der Waals surface area contributed by atoms with Crippen LogP contribution in [0.1, 0.15) is 18.2 Å². The highest BCUT2D eigenvalue weighted by Crippen LogP contribution is 2.27. The lowest BCUT2D eigenvalue weighted by Crippen LogP contribution is -1.85. The molecule has 2 aromatic rings. The van der Waals surface area contributed by atoms with Crippen molar-refractivity contribution in [1.29, 1.82) is 0 Å². The van der Waals surface area contributed by atoms with Crippen LogP contribution in [0.25, 0.3) is 11.0 Å². The van der Waals surface area contributed by atoms with E-state index in [-0.39, 0.29) is 5.12 Å². The second kappa shape index (κ2) is 4.11. The Morgan fingerprint density at radius 1 is 1.40 bits per heavy atom. The number of fused-ring (bicyclic) bond motifs is 1. The maximum absolute atomic E-state index is 10.9. The second-order valence-corrected chi connectivity index (χ2v) is 4.58. The molecule has 78 valence electrons. The van der Waals surface area contributed by atoms with Gasteiger partial charge in [-0.25, -0.2) is 0 Å². The Morgan fingerprint density at radius 2 is 2.13 bits per heavy atom. The number of hydrogen-bond donors (Lipinski definition) is 0. The Hall–Kier alpha value is -1.22. The molecule has 0 unspecified atom stereocenters. The van der Waals surface area contributed by atoms with Crippen molar-refractivity contribution >= 4 is 27.8 Å². The average molecular weight is 220 g/mol. The van der Waals surface area contributed by atoms with Gasteiger partial charge in [0.15, 0.2) is 5.12 Å². The Bertz CT molecular complexity index is 499. The van der Waals surface area contributed by atoms with Crippen molar-refractivity contribution in [3.63, 3.8) is 0 Å². The van der Waals surface area contributed by atoms with Crippen molar-refractivity contribution in [2.45, 2.75) is 19.6 Å². The molecule has 1 heterocycles. The third kappa shape index (κ3) is 2.07. The molecule has 0 aliphatic carbocycles. The summed E-state index contributed by atoms with van der Waals surface area (Å²) < 4.78 is 5.68. The molecule has 0 N–H and O–H groups in total. The van der Waals surface area contributed by atoms with E-state index >= 15 is 0 Å². The number of aryl methyl sites for hydroxylation is 1. The quantitative estimate of drug-likeness (QED) is 0.775. The van der Waals surface area contributed by atoms with E-state index in [0.29, 0.717) is 5.75 Å². The molecule has 1 aromatic heterocycles. The van der Waals surface area contributed by atoms with E-state index in [9.17, 15) is 4.79 Å². The zero-order valence-corrected chi connectivity index (χ0v) is 9.56. The van der Waals surface area contributed by atoms with Crippen molar-refractivity contribution in [3.05, 3.63) is 35.6 Å². The van der Waals surface area contributed by atoms with Gasteiger partial charge in [0.1, 0.15) is 11.3 Å². The summed E-state index contributed by atoms with van der Waals surface area (Å²) in [7, 11) is 0. The summed E-state index contributed by atoms with van der Waals surface area (Å²) in [6.07, 6.45) is 0. The molecule has 0 saturated carbocycles. The monoisotopic (exact) mass is 220 g/mol. The summed E-state index contributed by atoms with van der Waals surface area (Å²) in [5, 5.41) is 1.26. The summed E-state index contributed by atoms with van der Waals surface area (Å²) in [5.41, 5.74) is 2.04. The first-order valence-corrected chi connectivity index (χ1v) is 5.77. The molecule has 0 fully saturated rings. The Labute approximate surface area is 92.7 Å². The van der Waals surface area contributed by atoms with Crippen LogP contribution in [0.15, 0.2) is 28.7 Å². The van der Waals surface area contributed by atoms with Gasteiger partial charge in [-0.1, -0.05) is 30.0 Å². The van der Waals surface area contributed by atoms with Gasteiger partial charge in [0, 0.05) is 12.3 Å². The highest BCUT2D eigenvalue weighted by molar-refractivity contribution is 8.12. The van der Waals surface area contributed by atoms with Crippen molar-refractivity contribution in [1.82, 2.24) is 0 Å². The van der Waals surface area contributed by atoms with Crippen LogP contribution in [0, 0.1) is 6.92 Å². The van der Waals surface area contributed by atoms with Crippen LogP contribution >= 0.6 is 11.8 Å². The van der Waals surface area contributed by atoms with Gasteiger partial charge >= 0.3 is 0 Å². The number of benzene rings is 1. The molecule has 0 bridgehead atoms. The molecular formula is C12H12O2S. The molecule has 0 aliphatic heterocycles. The number of rotatable bonds is 2. The summed E-state index contributed by atoms with van der Waals surface area (Å²) >= 11 is 1.28. The molecule has 2 rings (SSSR count). The molecule has 0 spiro atoms. The van der Waals surface area contributed by atoms with Gasteiger partial charge in [-0.3, -0.25) is 4.79 Å². The fraction of sp³-hybridized carbons (Fsp3) is 0.250. The molecule has 0 saturated heterocycles. The summed E-state index contributed by atoms with van der Waals surface area (Å²) in [5.74, 6) is 1.52. The molecule has 0 atom stereocenters. The number of para-hydroxylation sites is 1. The Morgan fingerprint density at radius 3 is 2.80 bits per heavy atom. The highest BCUT2D eigenvalue weighted by atomic mass is 32.2. The fourth-order valence-electron chi connectivity index (χ4n) is 1.53. The minimum absolute atomic E-state index is 0.120. The van der Waals surface area contributed by atoms with Crippen molar-refractivity contribution in [3.8, 4) is 0 Å². The predicted octanol–water partition coefficient (Wildman–Crippen LogP) is 3.52. The van der Waals surface area contributed by atoms with E-state index in [1.54, 1.807) is 6.92 Å². The van der Waals surface area contributed by atoms with Crippen LogP contribution in [0.4, 0.5) is 0 Å². The van der Waals surface area contributed by atoms with Crippen LogP contribution in [-0.4, -0.2) is 5.12 Å². The third-order valence-corrected chi connectivity index (χ3v) is 3.16. The smallest absolute Gasteiger partial charge is 0.186 e. The molecule has 0 aliphatic rings. The number of hydrogen-bond acceptors (Lipinski definition) is 3. The second-order valence-electron chi connectivity index (χ2n) is 3.43. The van der Waals surface area contributed by atoms with Crippen molar-refractivity contribution in [2.24, 2.45) is 0 Å². The van der Waals surface area contributed by atoms with Gasteiger partial charge in [-0.05, 0) is 18.6 Å². The van der Waals surface area contributed by atoms with E-state index in [2.05, 4.69) is 0 Å². The van der Waals surface area contributed by atoms with E-state index in [1.807, 2.05) is 31.2 Å². The van der Waals surface area contributed by atoms with Crippen LogP contribution in [0.5, 0.6) is 0 Å². The zero-order valence-electron chi connectivity index (χ0n) is 8.74.